The van der Waals surface area contributed by atoms with Crippen molar-refractivity contribution in [2.24, 2.45) is 7.05 Å². The Hall–Kier alpha value is -0.550. The molecule has 0 bridgehead atoms. The summed E-state index contributed by atoms with van der Waals surface area (Å²) in [4.78, 5) is 4.20. The van der Waals surface area contributed by atoms with E-state index in [9.17, 15) is 0 Å². The zero-order chi connectivity index (χ0) is 11.9. The smallest absolute Gasteiger partial charge is 0.185 e. The maximum absolute atomic E-state index is 4.20. The van der Waals surface area contributed by atoms with Crippen LogP contribution in [0.25, 0.3) is 0 Å². The quantitative estimate of drug-likeness (QED) is 0.624. The minimum Gasteiger partial charge on any atom is -0.314 e. The molecule has 0 unspecified atom stereocenters. The van der Waals surface area contributed by atoms with Gasteiger partial charge in [0.2, 0.25) is 0 Å². The summed E-state index contributed by atoms with van der Waals surface area (Å²) >= 11 is 1.79. The van der Waals surface area contributed by atoms with Gasteiger partial charge >= 0.3 is 0 Å². The summed E-state index contributed by atoms with van der Waals surface area (Å²) in [6.07, 6.45) is 9.81. The molecule has 0 saturated heterocycles. The summed E-state index contributed by atoms with van der Waals surface area (Å²) in [6, 6.07) is 0.781. The van der Waals surface area contributed by atoms with Crippen LogP contribution in [0.3, 0.4) is 0 Å². The molecule has 5 heteroatoms. The SMILES string of the molecule is Cn1ncnc1SCCCNC1CCCCC1. The van der Waals surface area contributed by atoms with Crippen LogP contribution in [0.15, 0.2) is 11.5 Å². The number of hydrogen-bond acceptors (Lipinski definition) is 4. The second-order valence-corrected chi connectivity index (χ2v) is 5.72. The number of nitrogens with one attached hydrogen (secondary N) is 1. The molecule has 1 saturated carbocycles. The Morgan fingerprint density at radius 2 is 2.24 bits per heavy atom. The van der Waals surface area contributed by atoms with Gasteiger partial charge in [-0.3, -0.25) is 0 Å². The first-order valence-corrected chi connectivity index (χ1v) is 7.55. The summed E-state index contributed by atoms with van der Waals surface area (Å²) < 4.78 is 1.83. The zero-order valence-corrected chi connectivity index (χ0v) is 11.4. The fourth-order valence-corrected chi connectivity index (χ4v) is 3.09. The first-order chi connectivity index (χ1) is 8.36. The van der Waals surface area contributed by atoms with Gasteiger partial charge in [0, 0.05) is 18.8 Å². The molecule has 1 aromatic heterocycles. The van der Waals surface area contributed by atoms with Gasteiger partial charge in [0.25, 0.3) is 0 Å². The summed E-state index contributed by atoms with van der Waals surface area (Å²) in [5.41, 5.74) is 0. The number of aryl methyl sites for hydroxylation is 1. The van der Waals surface area contributed by atoms with E-state index in [2.05, 4.69) is 15.4 Å². The summed E-state index contributed by atoms with van der Waals surface area (Å²) in [7, 11) is 1.94. The van der Waals surface area contributed by atoms with E-state index >= 15 is 0 Å². The Labute approximate surface area is 108 Å². The van der Waals surface area contributed by atoms with Gasteiger partial charge in [-0.1, -0.05) is 31.0 Å². The van der Waals surface area contributed by atoms with Crippen LogP contribution in [-0.4, -0.2) is 33.1 Å². The normalized spacial score (nSPS) is 17.5. The molecule has 0 aromatic carbocycles. The third-order valence-electron chi connectivity index (χ3n) is 3.26. The van der Waals surface area contributed by atoms with Gasteiger partial charge in [0.05, 0.1) is 0 Å². The lowest BCUT2D eigenvalue weighted by Crippen LogP contribution is -2.31. The summed E-state index contributed by atoms with van der Waals surface area (Å²) in [5.74, 6) is 1.12. The molecule has 17 heavy (non-hydrogen) atoms. The van der Waals surface area contributed by atoms with Gasteiger partial charge in [-0.25, -0.2) is 9.67 Å². The zero-order valence-electron chi connectivity index (χ0n) is 10.6. The van der Waals surface area contributed by atoms with Crippen molar-refractivity contribution < 1.29 is 0 Å². The van der Waals surface area contributed by atoms with Crippen molar-refractivity contribution in [3.63, 3.8) is 0 Å². The van der Waals surface area contributed by atoms with Gasteiger partial charge in [-0.2, -0.15) is 5.10 Å². The molecule has 0 amide bonds. The van der Waals surface area contributed by atoms with Crippen LogP contribution in [0.4, 0.5) is 0 Å². The van der Waals surface area contributed by atoms with E-state index in [0.29, 0.717) is 0 Å². The molecule has 1 aliphatic carbocycles. The van der Waals surface area contributed by atoms with E-state index in [-0.39, 0.29) is 0 Å². The Balaban J connectivity index is 1.53. The second kappa shape index (κ2) is 7.01. The standard InChI is InChI=1S/C12H22N4S/c1-16-12(14-10-15-16)17-9-5-8-13-11-6-3-2-4-7-11/h10-11,13H,2-9H2,1H3. The molecule has 0 spiro atoms. The minimum absolute atomic E-state index is 0.781. The van der Waals surface area contributed by atoms with E-state index in [1.807, 2.05) is 11.7 Å². The van der Waals surface area contributed by atoms with Gasteiger partial charge in [-0.05, 0) is 25.8 Å². The lowest BCUT2D eigenvalue weighted by atomic mass is 9.95. The highest BCUT2D eigenvalue weighted by atomic mass is 32.2. The van der Waals surface area contributed by atoms with Gasteiger partial charge in [0.15, 0.2) is 5.16 Å². The highest BCUT2D eigenvalue weighted by molar-refractivity contribution is 7.99. The van der Waals surface area contributed by atoms with Crippen molar-refractivity contribution in [2.75, 3.05) is 12.3 Å². The average Bonchev–Trinajstić information content (AvgIpc) is 2.76. The predicted octanol–water partition coefficient (Wildman–Crippen LogP) is 2.22. The molecule has 1 aromatic rings. The number of nitrogens with zero attached hydrogens (tertiary/aromatic N) is 3. The third-order valence-corrected chi connectivity index (χ3v) is 4.38. The maximum atomic E-state index is 4.20. The highest BCUT2D eigenvalue weighted by Gasteiger charge is 2.11. The van der Waals surface area contributed by atoms with Crippen LogP contribution in [-0.2, 0) is 7.05 Å². The second-order valence-electron chi connectivity index (χ2n) is 4.66. The van der Waals surface area contributed by atoms with Gasteiger partial charge in [-0.15, -0.1) is 0 Å². The molecule has 2 rings (SSSR count). The Morgan fingerprint density at radius 1 is 1.41 bits per heavy atom. The monoisotopic (exact) mass is 254 g/mol. The molecule has 0 atom stereocenters. The van der Waals surface area contributed by atoms with Crippen molar-refractivity contribution in [3.8, 4) is 0 Å². The van der Waals surface area contributed by atoms with Crippen molar-refractivity contribution in [2.45, 2.75) is 49.7 Å². The molecule has 1 aliphatic rings. The fourth-order valence-electron chi connectivity index (χ4n) is 2.26. The molecule has 1 fully saturated rings. The third kappa shape index (κ3) is 4.32. The summed E-state index contributed by atoms with van der Waals surface area (Å²) in [6.45, 7) is 1.13. The van der Waals surface area contributed by atoms with Crippen LogP contribution in [0, 0.1) is 0 Å². The average molecular weight is 254 g/mol. The lowest BCUT2D eigenvalue weighted by molar-refractivity contribution is 0.375. The van der Waals surface area contributed by atoms with E-state index < -0.39 is 0 Å². The fraction of sp³-hybridized carbons (Fsp3) is 0.833. The van der Waals surface area contributed by atoms with Crippen LogP contribution >= 0.6 is 11.8 Å². The summed E-state index contributed by atoms with van der Waals surface area (Å²) in [5, 5.41) is 8.73. The lowest BCUT2D eigenvalue weighted by Gasteiger charge is -2.22. The number of hydrogen-bond donors (Lipinski definition) is 1. The van der Waals surface area contributed by atoms with E-state index in [0.717, 1.165) is 23.5 Å². The molecule has 1 heterocycles. The van der Waals surface area contributed by atoms with E-state index in [1.54, 1.807) is 18.1 Å². The first-order valence-electron chi connectivity index (χ1n) is 6.56. The van der Waals surface area contributed by atoms with E-state index in [4.69, 9.17) is 0 Å². The molecule has 96 valence electrons. The van der Waals surface area contributed by atoms with Crippen LogP contribution in [0.1, 0.15) is 38.5 Å². The minimum atomic E-state index is 0.781. The molecular weight excluding hydrogens is 232 g/mol. The van der Waals surface area contributed by atoms with E-state index in [1.165, 1.54) is 38.5 Å². The van der Waals surface area contributed by atoms with Crippen molar-refractivity contribution >= 4 is 11.8 Å². The van der Waals surface area contributed by atoms with Crippen molar-refractivity contribution in [3.05, 3.63) is 6.33 Å². The number of aromatic nitrogens is 3. The highest BCUT2D eigenvalue weighted by Crippen LogP contribution is 2.18. The van der Waals surface area contributed by atoms with Crippen LogP contribution in [0.2, 0.25) is 0 Å². The Kier molecular flexibility index (Phi) is 5.32. The molecule has 0 radical (unpaired) electrons. The largest absolute Gasteiger partial charge is 0.314 e. The molecule has 4 nitrogen and oxygen atoms in total. The van der Waals surface area contributed by atoms with Gasteiger partial charge in [0.1, 0.15) is 6.33 Å². The van der Waals surface area contributed by atoms with Crippen molar-refractivity contribution in [1.82, 2.24) is 20.1 Å². The predicted molar refractivity (Wildman–Crippen MR) is 71.2 cm³/mol. The van der Waals surface area contributed by atoms with Crippen molar-refractivity contribution in [1.29, 1.82) is 0 Å². The topological polar surface area (TPSA) is 42.7 Å². The number of rotatable bonds is 6. The molecule has 1 N–H and O–H groups in total. The Morgan fingerprint density at radius 3 is 2.94 bits per heavy atom. The van der Waals surface area contributed by atoms with Crippen LogP contribution in [0.5, 0.6) is 0 Å². The molecule has 0 aliphatic heterocycles. The molecular formula is C12H22N4S. The Bertz CT molecular complexity index is 320. The van der Waals surface area contributed by atoms with Crippen LogP contribution < -0.4 is 5.32 Å². The number of thioether (sulfide) groups is 1. The maximum Gasteiger partial charge on any atom is 0.185 e. The first kappa shape index (κ1) is 12.9. The van der Waals surface area contributed by atoms with Gasteiger partial charge < -0.3 is 5.32 Å².